The Morgan fingerprint density at radius 1 is 1.31 bits per heavy atom. The normalized spacial score (nSPS) is 11.7. The number of methoxy groups -OCH3 is 1. The van der Waals surface area contributed by atoms with E-state index in [2.05, 4.69) is 5.10 Å². The first-order chi connectivity index (χ1) is 12.7. The Balaban J connectivity index is 1.99. The average molecular weight is 345 g/mol. The second kappa shape index (κ2) is 6.37. The Hall–Kier alpha value is -3.59. The number of carbonyl (C=O) groups is 1. The standard InChI is InChI=1S/C20H15N3O3/c1-25-14-7-8-18-15(11-14)20-16(12-26-18)19(17(24)9-10-21)22-23(20)13-5-3-2-4-6-13/h2-8,11H,9,12H2,1H3. The molecule has 0 unspecified atom stereocenters. The molecule has 6 heteroatoms. The van der Waals surface area contributed by atoms with Crippen molar-refractivity contribution in [1.29, 1.82) is 5.26 Å². The van der Waals surface area contributed by atoms with Crippen molar-refractivity contribution < 1.29 is 14.3 Å². The van der Waals surface area contributed by atoms with Crippen molar-refractivity contribution in [2.75, 3.05) is 7.11 Å². The summed E-state index contributed by atoms with van der Waals surface area (Å²) in [4.78, 5) is 12.4. The number of ether oxygens (including phenoxy) is 2. The number of nitriles is 1. The van der Waals surface area contributed by atoms with Gasteiger partial charge in [-0.3, -0.25) is 4.79 Å². The molecule has 0 saturated heterocycles. The number of fused-ring (bicyclic) bond motifs is 3. The molecule has 3 aromatic rings. The van der Waals surface area contributed by atoms with Crippen molar-refractivity contribution in [2.45, 2.75) is 13.0 Å². The van der Waals surface area contributed by atoms with E-state index < -0.39 is 0 Å². The van der Waals surface area contributed by atoms with Crippen LogP contribution in [0.3, 0.4) is 0 Å². The summed E-state index contributed by atoms with van der Waals surface area (Å²) >= 11 is 0. The fraction of sp³-hybridized carbons (Fsp3) is 0.150. The Morgan fingerprint density at radius 2 is 2.12 bits per heavy atom. The van der Waals surface area contributed by atoms with Crippen LogP contribution in [0, 0.1) is 11.3 Å². The summed E-state index contributed by atoms with van der Waals surface area (Å²) in [7, 11) is 1.60. The zero-order chi connectivity index (χ0) is 18.1. The Kier molecular flexibility index (Phi) is 3.90. The van der Waals surface area contributed by atoms with Gasteiger partial charge in [0, 0.05) is 11.1 Å². The number of para-hydroxylation sites is 1. The van der Waals surface area contributed by atoms with Crippen LogP contribution in [0.15, 0.2) is 48.5 Å². The van der Waals surface area contributed by atoms with Crippen LogP contribution < -0.4 is 9.47 Å². The number of benzene rings is 2. The van der Waals surface area contributed by atoms with E-state index in [1.54, 1.807) is 11.8 Å². The van der Waals surface area contributed by atoms with E-state index in [-0.39, 0.29) is 24.5 Å². The number of carbonyl (C=O) groups excluding carboxylic acids is 1. The van der Waals surface area contributed by atoms with Gasteiger partial charge in [-0.25, -0.2) is 4.68 Å². The van der Waals surface area contributed by atoms with Gasteiger partial charge in [-0.2, -0.15) is 10.4 Å². The molecule has 0 amide bonds. The van der Waals surface area contributed by atoms with Gasteiger partial charge in [-0.15, -0.1) is 0 Å². The van der Waals surface area contributed by atoms with Crippen LogP contribution in [-0.2, 0) is 6.61 Å². The SMILES string of the molecule is COc1ccc2c(c1)-c1c(c(C(=O)CC#N)nn1-c1ccccc1)CO2. The van der Waals surface area contributed by atoms with E-state index in [1.807, 2.05) is 54.6 Å². The molecule has 2 aromatic carbocycles. The van der Waals surface area contributed by atoms with Crippen molar-refractivity contribution in [3.05, 3.63) is 59.8 Å². The fourth-order valence-electron chi connectivity index (χ4n) is 3.10. The average Bonchev–Trinajstić information content (AvgIpc) is 3.08. The van der Waals surface area contributed by atoms with E-state index in [1.165, 1.54) is 0 Å². The van der Waals surface area contributed by atoms with Crippen LogP contribution in [0.1, 0.15) is 22.5 Å². The molecule has 0 radical (unpaired) electrons. The monoisotopic (exact) mass is 345 g/mol. The minimum Gasteiger partial charge on any atom is -0.497 e. The maximum absolute atomic E-state index is 12.4. The van der Waals surface area contributed by atoms with Crippen LogP contribution in [0.2, 0.25) is 0 Å². The second-order valence-corrected chi connectivity index (χ2v) is 5.83. The lowest BCUT2D eigenvalue weighted by Crippen LogP contribution is -2.10. The van der Waals surface area contributed by atoms with Gasteiger partial charge in [0.2, 0.25) is 0 Å². The number of rotatable bonds is 4. The topological polar surface area (TPSA) is 77.1 Å². The molecule has 6 nitrogen and oxygen atoms in total. The highest BCUT2D eigenvalue weighted by Gasteiger charge is 2.30. The van der Waals surface area contributed by atoms with E-state index >= 15 is 0 Å². The molecular formula is C20H15N3O3. The van der Waals surface area contributed by atoms with Crippen molar-refractivity contribution in [2.24, 2.45) is 0 Å². The molecule has 1 aromatic heterocycles. The number of hydrogen-bond acceptors (Lipinski definition) is 5. The summed E-state index contributed by atoms with van der Waals surface area (Å²) in [6.45, 7) is 0.230. The molecule has 0 N–H and O–H groups in total. The van der Waals surface area contributed by atoms with Crippen LogP contribution >= 0.6 is 0 Å². The molecule has 1 aliphatic heterocycles. The van der Waals surface area contributed by atoms with Gasteiger partial charge in [0.15, 0.2) is 5.78 Å². The van der Waals surface area contributed by atoms with Crippen molar-refractivity contribution >= 4 is 5.78 Å². The van der Waals surface area contributed by atoms with Gasteiger partial charge >= 0.3 is 0 Å². The first kappa shape index (κ1) is 15.9. The molecular weight excluding hydrogens is 330 g/mol. The molecule has 0 atom stereocenters. The zero-order valence-electron chi connectivity index (χ0n) is 14.1. The Labute approximate surface area is 150 Å². The summed E-state index contributed by atoms with van der Waals surface area (Å²) in [6, 6.07) is 17.0. The second-order valence-electron chi connectivity index (χ2n) is 5.83. The molecule has 128 valence electrons. The van der Waals surface area contributed by atoms with Crippen LogP contribution in [0.5, 0.6) is 11.5 Å². The van der Waals surface area contributed by atoms with E-state index in [0.29, 0.717) is 17.1 Å². The van der Waals surface area contributed by atoms with Crippen LogP contribution in [0.25, 0.3) is 16.9 Å². The smallest absolute Gasteiger partial charge is 0.197 e. The minimum atomic E-state index is -0.312. The van der Waals surface area contributed by atoms with E-state index in [4.69, 9.17) is 14.7 Å². The van der Waals surface area contributed by atoms with Gasteiger partial charge in [-0.1, -0.05) is 18.2 Å². The van der Waals surface area contributed by atoms with Gasteiger partial charge < -0.3 is 9.47 Å². The number of ketones is 1. The summed E-state index contributed by atoms with van der Waals surface area (Å²) in [5.74, 6) is 1.08. The number of aromatic nitrogens is 2. The first-order valence-electron chi connectivity index (χ1n) is 8.11. The maximum atomic E-state index is 12.4. The van der Waals surface area contributed by atoms with Crippen molar-refractivity contribution in [1.82, 2.24) is 9.78 Å². The van der Waals surface area contributed by atoms with Gasteiger partial charge in [0.05, 0.1) is 24.6 Å². The lowest BCUT2D eigenvalue weighted by atomic mass is 10.00. The van der Waals surface area contributed by atoms with E-state index in [9.17, 15) is 4.79 Å². The molecule has 0 fully saturated rings. The Morgan fingerprint density at radius 3 is 2.85 bits per heavy atom. The quantitative estimate of drug-likeness (QED) is 0.676. The first-order valence-corrected chi connectivity index (χ1v) is 8.11. The molecule has 1 aliphatic rings. The van der Waals surface area contributed by atoms with E-state index in [0.717, 1.165) is 16.9 Å². The molecule has 26 heavy (non-hydrogen) atoms. The number of nitrogens with zero attached hydrogens (tertiary/aromatic N) is 3. The van der Waals surface area contributed by atoms with Gasteiger partial charge in [-0.05, 0) is 30.3 Å². The zero-order valence-corrected chi connectivity index (χ0v) is 14.1. The Bertz CT molecular complexity index is 1030. The number of hydrogen-bond donors (Lipinski definition) is 0. The lowest BCUT2D eigenvalue weighted by molar-refractivity contribution is 0.0990. The molecule has 0 spiro atoms. The third-order valence-corrected chi connectivity index (χ3v) is 4.30. The molecule has 0 aliphatic carbocycles. The summed E-state index contributed by atoms with van der Waals surface area (Å²) in [6.07, 6.45) is -0.219. The van der Waals surface area contributed by atoms with Gasteiger partial charge in [0.1, 0.15) is 30.2 Å². The lowest BCUT2D eigenvalue weighted by Gasteiger charge is -2.20. The summed E-state index contributed by atoms with van der Waals surface area (Å²) in [5.41, 5.74) is 3.39. The maximum Gasteiger partial charge on any atom is 0.197 e. The highest BCUT2D eigenvalue weighted by molar-refractivity contribution is 5.99. The van der Waals surface area contributed by atoms with Crippen LogP contribution in [0.4, 0.5) is 0 Å². The van der Waals surface area contributed by atoms with Crippen LogP contribution in [-0.4, -0.2) is 22.7 Å². The third-order valence-electron chi connectivity index (χ3n) is 4.30. The fourth-order valence-corrected chi connectivity index (χ4v) is 3.10. The largest absolute Gasteiger partial charge is 0.497 e. The highest BCUT2D eigenvalue weighted by Crippen LogP contribution is 2.42. The predicted molar refractivity (Wildman–Crippen MR) is 94.4 cm³/mol. The highest BCUT2D eigenvalue weighted by atomic mass is 16.5. The summed E-state index contributed by atoms with van der Waals surface area (Å²) < 4.78 is 12.9. The number of Topliss-reactive ketones (excluding diaryl/α,β-unsaturated/α-hetero) is 1. The minimum absolute atomic E-state index is 0.219. The van der Waals surface area contributed by atoms with Crippen molar-refractivity contribution in [3.63, 3.8) is 0 Å². The van der Waals surface area contributed by atoms with Gasteiger partial charge in [0.25, 0.3) is 0 Å². The molecule has 0 bridgehead atoms. The molecule has 0 saturated carbocycles. The summed E-state index contributed by atoms with van der Waals surface area (Å²) in [5, 5.41) is 13.4. The third kappa shape index (κ3) is 2.50. The molecule has 4 rings (SSSR count). The molecule has 2 heterocycles. The van der Waals surface area contributed by atoms with Crippen molar-refractivity contribution in [3.8, 4) is 34.5 Å². The predicted octanol–water partition coefficient (Wildman–Crippen LogP) is 3.54.